The van der Waals surface area contributed by atoms with Crippen LogP contribution in [0.3, 0.4) is 0 Å². The molecule has 0 saturated carbocycles. The number of carbonyl (C=O) groups excluding carboxylic acids is 1. The third-order valence-electron chi connectivity index (χ3n) is 2.79. The molecule has 0 spiro atoms. The van der Waals surface area contributed by atoms with Crippen molar-refractivity contribution in [1.82, 2.24) is 9.88 Å². The molecule has 1 amide bonds. The van der Waals surface area contributed by atoms with Crippen LogP contribution < -0.4 is 5.32 Å². The molecule has 1 aromatic heterocycles. The van der Waals surface area contributed by atoms with E-state index in [2.05, 4.69) is 21.2 Å². The zero-order valence-electron chi connectivity index (χ0n) is 10.5. The first-order valence-electron chi connectivity index (χ1n) is 6.03. The van der Waals surface area contributed by atoms with Crippen LogP contribution in [0.4, 0.5) is 8.78 Å². The third kappa shape index (κ3) is 3.66. The lowest BCUT2D eigenvalue weighted by molar-refractivity contribution is 0.0928. The fraction of sp³-hybridized carbons (Fsp3) is 0.214. The molecule has 1 heterocycles. The minimum atomic E-state index is -2.49. The van der Waals surface area contributed by atoms with E-state index >= 15 is 0 Å². The summed E-state index contributed by atoms with van der Waals surface area (Å²) >= 11 is 3.39. The first-order chi connectivity index (χ1) is 9.58. The van der Waals surface area contributed by atoms with Crippen LogP contribution in [-0.2, 0) is 13.1 Å². The first kappa shape index (κ1) is 14.7. The molecule has 1 N–H and O–H groups in total. The van der Waals surface area contributed by atoms with E-state index in [4.69, 9.17) is 0 Å². The van der Waals surface area contributed by atoms with Gasteiger partial charge in [0.2, 0.25) is 0 Å². The highest BCUT2D eigenvalue weighted by molar-refractivity contribution is 9.10. The molecule has 0 aliphatic rings. The Morgan fingerprint density at radius 2 is 2.00 bits per heavy atom. The molecule has 0 unspecified atom stereocenters. The van der Waals surface area contributed by atoms with Crippen LogP contribution in [0, 0.1) is 0 Å². The predicted octanol–water partition coefficient (Wildman–Crippen LogP) is 3.45. The van der Waals surface area contributed by atoms with Crippen LogP contribution in [0.5, 0.6) is 0 Å². The molecule has 106 valence electrons. The number of hydrogen-bond acceptors (Lipinski definition) is 1. The van der Waals surface area contributed by atoms with Crippen molar-refractivity contribution in [2.45, 2.75) is 19.5 Å². The molecule has 6 heteroatoms. The van der Waals surface area contributed by atoms with Crippen molar-refractivity contribution in [1.29, 1.82) is 0 Å². The monoisotopic (exact) mass is 342 g/mol. The van der Waals surface area contributed by atoms with Crippen molar-refractivity contribution >= 4 is 21.8 Å². The predicted molar refractivity (Wildman–Crippen MR) is 75.7 cm³/mol. The van der Waals surface area contributed by atoms with Gasteiger partial charge < -0.3 is 9.88 Å². The summed E-state index contributed by atoms with van der Waals surface area (Å²) in [4.78, 5) is 12.0. The Hall–Kier alpha value is -1.69. The number of amides is 1. The van der Waals surface area contributed by atoms with Crippen LogP contribution in [0.15, 0.2) is 47.1 Å². The molecule has 3 nitrogen and oxygen atoms in total. The number of alkyl halides is 2. The lowest BCUT2D eigenvalue weighted by Gasteiger charge is -2.10. The smallest absolute Gasteiger partial charge is 0.268 e. The Morgan fingerprint density at radius 1 is 1.25 bits per heavy atom. The van der Waals surface area contributed by atoms with Gasteiger partial charge in [0.1, 0.15) is 5.69 Å². The van der Waals surface area contributed by atoms with Crippen LogP contribution >= 0.6 is 15.9 Å². The van der Waals surface area contributed by atoms with E-state index in [1.807, 2.05) is 24.3 Å². The van der Waals surface area contributed by atoms with Gasteiger partial charge in [-0.2, -0.15) is 0 Å². The van der Waals surface area contributed by atoms with Gasteiger partial charge in [0, 0.05) is 17.2 Å². The van der Waals surface area contributed by atoms with Crippen molar-refractivity contribution < 1.29 is 13.6 Å². The van der Waals surface area contributed by atoms with Crippen molar-refractivity contribution in [2.75, 3.05) is 0 Å². The summed E-state index contributed by atoms with van der Waals surface area (Å²) in [6.07, 6.45) is -1.02. The van der Waals surface area contributed by atoms with E-state index in [9.17, 15) is 13.6 Å². The molecule has 0 saturated heterocycles. The second-order valence-corrected chi connectivity index (χ2v) is 5.07. The fourth-order valence-electron chi connectivity index (χ4n) is 1.84. The molecular formula is C14H13BrF2N2O. The van der Waals surface area contributed by atoms with Gasteiger partial charge in [0.15, 0.2) is 0 Å². The van der Waals surface area contributed by atoms with Gasteiger partial charge >= 0.3 is 0 Å². The molecule has 0 aliphatic carbocycles. The summed E-state index contributed by atoms with van der Waals surface area (Å²) < 4.78 is 26.9. The lowest BCUT2D eigenvalue weighted by Crippen LogP contribution is -2.26. The van der Waals surface area contributed by atoms with Crippen LogP contribution in [-0.4, -0.2) is 16.9 Å². The molecule has 0 radical (unpaired) electrons. The van der Waals surface area contributed by atoms with Gasteiger partial charge in [-0.15, -0.1) is 0 Å². The summed E-state index contributed by atoms with van der Waals surface area (Å²) in [5, 5.41) is 2.72. The van der Waals surface area contributed by atoms with Crippen molar-refractivity contribution in [3.63, 3.8) is 0 Å². The van der Waals surface area contributed by atoms with E-state index in [1.165, 1.54) is 16.8 Å². The van der Waals surface area contributed by atoms with Gasteiger partial charge in [0.25, 0.3) is 12.3 Å². The first-order valence-corrected chi connectivity index (χ1v) is 6.82. The quantitative estimate of drug-likeness (QED) is 0.887. The van der Waals surface area contributed by atoms with Gasteiger partial charge in [-0.1, -0.05) is 34.1 Å². The fourth-order valence-corrected chi connectivity index (χ4v) is 2.26. The second kappa shape index (κ2) is 6.65. The average Bonchev–Trinajstić information content (AvgIpc) is 2.85. The highest BCUT2D eigenvalue weighted by Gasteiger charge is 2.13. The van der Waals surface area contributed by atoms with E-state index in [0.29, 0.717) is 6.54 Å². The Bertz CT molecular complexity index is 598. The number of rotatable bonds is 5. The molecular weight excluding hydrogens is 330 g/mol. The zero-order chi connectivity index (χ0) is 14.5. The zero-order valence-corrected chi connectivity index (χ0v) is 12.1. The normalized spacial score (nSPS) is 10.8. The number of benzene rings is 1. The van der Waals surface area contributed by atoms with Gasteiger partial charge in [-0.3, -0.25) is 4.79 Å². The van der Waals surface area contributed by atoms with Gasteiger partial charge in [-0.05, 0) is 23.8 Å². The number of nitrogens with one attached hydrogen (secondary N) is 1. The van der Waals surface area contributed by atoms with E-state index in [0.717, 1.165) is 10.0 Å². The van der Waals surface area contributed by atoms with Crippen LogP contribution in [0.25, 0.3) is 0 Å². The van der Waals surface area contributed by atoms with Crippen LogP contribution in [0.2, 0.25) is 0 Å². The summed E-state index contributed by atoms with van der Waals surface area (Å²) in [6, 6.07) is 10.6. The van der Waals surface area contributed by atoms with E-state index < -0.39 is 13.0 Å². The minimum Gasteiger partial charge on any atom is -0.347 e. The maximum atomic E-state index is 12.4. The topological polar surface area (TPSA) is 34.0 Å². The summed E-state index contributed by atoms with van der Waals surface area (Å²) in [5.41, 5.74) is 1.16. The average molecular weight is 343 g/mol. The number of hydrogen-bond donors (Lipinski definition) is 1. The highest BCUT2D eigenvalue weighted by atomic mass is 79.9. The molecule has 2 rings (SSSR count). The number of halogens is 3. The molecule has 20 heavy (non-hydrogen) atoms. The standard InChI is InChI=1S/C14H13BrF2N2O/c15-11-5-2-1-4-10(11)8-18-14(20)12-6-3-7-19(12)9-13(16)17/h1-7,13H,8-9H2,(H,18,20). The van der Waals surface area contributed by atoms with E-state index in [1.54, 1.807) is 6.07 Å². The van der Waals surface area contributed by atoms with Gasteiger partial charge in [0.05, 0.1) is 6.54 Å². The number of aromatic nitrogens is 1. The third-order valence-corrected chi connectivity index (χ3v) is 3.57. The highest BCUT2D eigenvalue weighted by Crippen LogP contribution is 2.15. The van der Waals surface area contributed by atoms with Crippen molar-refractivity contribution in [3.8, 4) is 0 Å². The summed E-state index contributed by atoms with van der Waals surface area (Å²) in [5.74, 6) is -0.369. The Kier molecular flexibility index (Phi) is 4.89. The second-order valence-electron chi connectivity index (χ2n) is 4.21. The van der Waals surface area contributed by atoms with Crippen molar-refractivity contribution in [2.24, 2.45) is 0 Å². The minimum absolute atomic E-state index is 0.234. The van der Waals surface area contributed by atoms with E-state index in [-0.39, 0.29) is 11.6 Å². The molecule has 0 atom stereocenters. The molecule has 0 fully saturated rings. The molecule has 0 aliphatic heterocycles. The summed E-state index contributed by atoms with van der Waals surface area (Å²) in [7, 11) is 0. The molecule has 0 bridgehead atoms. The largest absolute Gasteiger partial charge is 0.347 e. The van der Waals surface area contributed by atoms with Gasteiger partial charge in [-0.25, -0.2) is 8.78 Å². The maximum Gasteiger partial charge on any atom is 0.268 e. The Labute approximate surface area is 123 Å². The van der Waals surface area contributed by atoms with Crippen molar-refractivity contribution in [3.05, 3.63) is 58.3 Å². The Morgan fingerprint density at radius 3 is 2.70 bits per heavy atom. The maximum absolute atomic E-state index is 12.4. The summed E-state index contributed by atoms with van der Waals surface area (Å²) in [6.45, 7) is -0.148. The Balaban J connectivity index is 2.02. The van der Waals surface area contributed by atoms with Crippen LogP contribution in [0.1, 0.15) is 16.1 Å². The molecule has 1 aromatic carbocycles. The number of carbonyl (C=O) groups is 1. The lowest BCUT2D eigenvalue weighted by atomic mass is 10.2. The number of nitrogens with zero attached hydrogens (tertiary/aromatic N) is 1. The molecule has 2 aromatic rings. The SMILES string of the molecule is O=C(NCc1ccccc1Br)c1cccn1CC(F)F.